The summed E-state index contributed by atoms with van der Waals surface area (Å²) in [6, 6.07) is 6.16. The maximum Gasteiger partial charge on any atom is 0.0367 e. The summed E-state index contributed by atoms with van der Waals surface area (Å²) in [7, 11) is 0. The highest BCUT2D eigenvalue weighted by Crippen LogP contribution is 2.67. The summed E-state index contributed by atoms with van der Waals surface area (Å²) in [5.74, 6) is 5.55. The minimum atomic E-state index is 0.586. The summed E-state index contributed by atoms with van der Waals surface area (Å²) in [6.07, 6.45) is 21.1. The maximum absolute atomic E-state index is 6.34. The van der Waals surface area contributed by atoms with Crippen molar-refractivity contribution < 1.29 is 0 Å². The van der Waals surface area contributed by atoms with Crippen LogP contribution in [-0.4, -0.2) is 0 Å². The smallest absolute Gasteiger partial charge is 0.0367 e. The number of benzene rings is 1. The molecule has 0 aliphatic heterocycles. The lowest BCUT2D eigenvalue weighted by atomic mass is 9.53. The van der Waals surface area contributed by atoms with E-state index in [1.165, 1.54) is 81.8 Å². The molecule has 0 aromatic heterocycles. The van der Waals surface area contributed by atoms with Gasteiger partial charge >= 0.3 is 0 Å². The lowest BCUT2D eigenvalue weighted by Crippen LogP contribution is -2.42. The van der Waals surface area contributed by atoms with Gasteiger partial charge in [0.25, 0.3) is 0 Å². The van der Waals surface area contributed by atoms with E-state index in [1.54, 1.807) is 6.42 Å². The van der Waals surface area contributed by atoms with E-state index in [1.807, 2.05) is 39.8 Å². The first-order valence-electron chi connectivity index (χ1n) is 17.0. The summed E-state index contributed by atoms with van der Waals surface area (Å²) < 4.78 is 0. The van der Waals surface area contributed by atoms with Gasteiger partial charge in [0.15, 0.2) is 0 Å². The molecule has 1 aromatic carbocycles. The van der Waals surface area contributed by atoms with Crippen molar-refractivity contribution in [2.24, 2.45) is 46.3 Å². The minimum Gasteiger partial charge on any atom is -0.399 e. The van der Waals surface area contributed by atoms with Crippen molar-refractivity contribution in [3.63, 3.8) is 0 Å². The Kier molecular flexibility index (Phi) is 11.5. The zero-order valence-corrected chi connectivity index (χ0v) is 27.1. The molecule has 8 unspecified atom stereocenters. The number of fused-ring (bicyclic) bond motifs is 3. The quantitative estimate of drug-likeness (QED) is 0.280. The Morgan fingerprint density at radius 3 is 2.41 bits per heavy atom. The van der Waals surface area contributed by atoms with Crippen LogP contribution in [0.2, 0.25) is 0 Å². The number of nitrogens with two attached hydrogens (primary N) is 2. The van der Waals surface area contributed by atoms with Crippen molar-refractivity contribution in [2.45, 2.75) is 139 Å². The van der Waals surface area contributed by atoms with Gasteiger partial charge in [0, 0.05) is 11.4 Å². The molecule has 0 radical (unpaired) electrons. The molecule has 4 N–H and O–H groups in total. The van der Waals surface area contributed by atoms with Crippen LogP contribution in [0.3, 0.4) is 0 Å². The molecule has 4 aliphatic rings. The average molecular weight is 537 g/mol. The van der Waals surface area contributed by atoms with Gasteiger partial charge in [-0.25, -0.2) is 0 Å². The summed E-state index contributed by atoms with van der Waals surface area (Å²) in [4.78, 5) is 0. The molecular weight excluding hydrogens is 472 g/mol. The fraction of sp³-hybridized carbons (Fsp3) is 0.784. The van der Waals surface area contributed by atoms with Gasteiger partial charge in [0.05, 0.1) is 0 Å². The molecule has 1 spiro atoms. The van der Waals surface area contributed by atoms with Crippen LogP contribution in [-0.2, 0) is 6.42 Å². The molecule has 222 valence electrons. The van der Waals surface area contributed by atoms with Crippen LogP contribution in [0.15, 0.2) is 29.8 Å². The molecule has 0 amide bonds. The largest absolute Gasteiger partial charge is 0.399 e. The summed E-state index contributed by atoms with van der Waals surface area (Å²) >= 11 is 0. The minimum absolute atomic E-state index is 0.586. The highest BCUT2D eigenvalue weighted by Gasteiger charge is 2.58. The molecule has 2 nitrogen and oxygen atoms in total. The third-order valence-corrected chi connectivity index (χ3v) is 11.8. The fourth-order valence-electron chi connectivity index (χ4n) is 10.00. The van der Waals surface area contributed by atoms with E-state index in [-0.39, 0.29) is 0 Å². The first-order chi connectivity index (χ1) is 18.7. The lowest BCUT2D eigenvalue weighted by molar-refractivity contribution is -0.0124. The molecule has 2 bridgehead atoms. The number of hydrogen-bond donors (Lipinski definition) is 2. The summed E-state index contributed by atoms with van der Waals surface area (Å²) in [6.45, 7) is 17.8. The predicted molar refractivity (Wildman–Crippen MR) is 174 cm³/mol. The molecule has 4 saturated carbocycles. The molecule has 2 heteroatoms. The lowest BCUT2D eigenvalue weighted by Gasteiger charge is -2.52. The second-order valence-electron chi connectivity index (χ2n) is 14.0. The van der Waals surface area contributed by atoms with E-state index in [4.69, 9.17) is 11.5 Å². The number of rotatable bonds is 6. The van der Waals surface area contributed by atoms with Gasteiger partial charge in [-0.1, -0.05) is 59.3 Å². The molecule has 0 heterocycles. The monoisotopic (exact) mass is 537 g/mol. The zero-order valence-electron chi connectivity index (χ0n) is 27.1. The molecule has 8 atom stereocenters. The van der Waals surface area contributed by atoms with Crippen LogP contribution in [0.4, 0.5) is 11.4 Å². The third-order valence-electron chi connectivity index (χ3n) is 11.8. The Balaban J connectivity index is 0.00000100. The van der Waals surface area contributed by atoms with Crippen LogP contribution in [0.5, 0.6) is 0 Å². The van der Waals surface area contributed by atoms with Gasteiger partial charge < -0.3 is 11.5 Å². The van der Waals surface area contributed by atoms with E-state index in [0.717, 1.165) is 53.3 Å². The Bertz CT molecular complexity index is 929. The van der Waals surface area contributed by atoms with Crippen molar-refractivity contribution in [1.82, 2.24) is 0 Å². The highest BCUT2D eigenvalue weighted by molar-refractivity contribution is 5.56. The highest BCUT2D eigenvalue weighted by atomic mass is 14.6. The van der Waals surface area contributed by atoms with Crippen LogP contribution < -0.4 is 11.5 Å². The van der Waals surface area contributed by atoms with Gasteiger partial charge in [0.1, 0.15) is 0 Å². The van der Waals surface area contributed by atoms with Gasteiger partial charge in [-0.05, 0) is 161 Å². The Labute approximate surface area is 243 Å². The van der Waals surface area contributed by atoms with Crippen molar-refractivity contribution in [1.29, 1.82) is 0 Å². The van der Waals surface area contributed by atoms with Gasteiger partial charge in [-0.3, -0.25) is 0 Å². The second-order valence-corrected chi connectivity index (χ2v) is 14.0. The first kappa shape index (κ1) is 32.1. The average Bonchev–Trinajstić information content (AvgIpc) is 3.24. The van der Waals surface area contributed by atoms with Gasteiger partial charge in [-0.15, -0.1) is 0 Å². The normalized spacial score (nSPS) is 35.5. The standard InChI is InChI=1S/C33H52N2.2C2H6/c1-22(2)6-5-7-23(3)29-12-13-30-26-8-10-27-19-24(18-25-9-11-28(34)20-31(25)35)14-15-33(27,21-26)17-16-32(29,30)4;2*1-2/h6,9,11,20,23-24,26-27,29-30H,5,7-8,10,12-19,21,34-35H2,1-4H3;2*1-2H3. The van der Waals surface area contributed by atoms with E-state index in [0.29, 0.717) is 10.8 Å². The molecular formula is C37H64N2. The Morgan fingerprint density at radius 1 is 0.974 bits per heavy atom. The number of anilines is 2. The topological polar surface area (TPSA) is 52.0 Å². The fourth-order valence-corrected chi connectivity index (χ4v) is 10.00. The van der Waals surface area contributed by atoms with E-state index in [2.05, 4.69) is 39.8 Å². The first-order valence-corrected chi connectivity index (χ1v) is 17.0. The Hall–Kier alpha value is -1.44. The number of hydrogen-bond acceptors (Lipinski definition) is 2. The van der Waals surface area contributed by atoms with Crippen LogP contribution in [0.25, 0.3) is 0 Å². The van der Waals surface area contributed by atoms with E-state index < -0.39 is 0 Å². The summed E-state index contributed by atoms with van der Waals surface area (Å²) in [5.41, 5.74) is 18.0. The Morgan fingerprint density at radius 2 is 1.72 bits per heavy atom. The molecule has 4 aliphatic carbocycles. The molecule has 4 fully saturated rings. The predicted octanol–water partition coefficient (Wildman–Crippen LogP) is 10.9. The number of allylic oxidation sites excluding steroid dienone is 2. The maximum atomic E-state index is 6.34. The van der Waals surface area contributed by atoms with Crippen LogP contribution in [0.1, 0.15) is 138 Å². The van der Waals surface area contributed by atoms with E-state index in [9.17, 15) is 0 Å². The van der Waals surface area contributed by atoms with Crippen molar-refractivity contribution >= 4 is 11.4 Å². The van der Waals surface area contributed by atoms with E-state index >= 15 is 0 Å². The van der Waals surface area contributed by atoms with Crippen LogP contribution in [0, 0.1) is 46.3 Å². The van der Waals surface area contributed by atoms with Gasteiger partial charge in [0.2, 0.25) is 0 Å². The third kappa shape index (κ3) is 6.90. The molecule has 0 saturated heterocycles. The molecule has 1 aromatic rings. The zero-order chi connectivity index (χ0) is 28.8. The van der Waals surface area contributed by atoms with Crippen molar-refractivity contribution in [2.75, 3.05) is 11.5 Å². The summed E-state index contributed by atoms with van der Waals surface area (Å²) in [5, 5.41) is 0. The SMILES string of the molecule is CC.CC.CC(C)=CCCC(C)C1CCC2C3CCC4CC(Cc5ccc(N)cc5N)CCC4(CCC12C)C3. The molecule has 39 heavy (non-hydrogen) atoms. The van der Waals surface area contributed by atoms with Crippen LogP contribution >= 0.6 is 0 Å². The van der Waals surface area contributed by atoms with Gasteiger partial charge in [-0.2, -0.15) is 0 Å². The second kappa shape index (κ2) is 14.0. The van der Waals surface area contributed by atoms with Crippen molar-refractivity contribution in [3.8, 4) is 0 Å². The molecule has 5 rings (SSSR count). The number of nitrogen functional groups attached to an aromatic ring is 2. The van der Waals surface area contributed by atoms with Crippen molar-refractivity contribution in [3.05, 3.63) is 35.4 Å².